The normalized spacial score (nSPS) is 11.5. The van der Waals surface area contributed by atoms with Gasteiger partial charge in [0.1, 0.15) is 0 Å². The Bertz CT molecular complexity index is 802. The molecule has 9 heteroatoms. The third kappa shape index (κ3) is 6.37. The van der Waals surface area contributed by atoms with E-state index in [1.165, 1.54) is 23.1 Å². The zero-order chi connectivity index (χ0) is 19.8. The highest BCUT2D eigenvalue weighted by atomic mass is 32.2. The Morgan fingerprint density at radius 3 is 2.67 bits per heavy atom. The van der Waals surface area contributed by atoms with E-state index in [1.807, 2.05) is 32.0 Å². The number of carbonyl (C=O) groups is 2. The number of aryl methyl sites for hydroxylation is 2. The molecule has 3 N–H and O–H groups in total. The molecule has 0 fully saturated rings. The maximum Gasteiger partial charge on any atom is 0.243 e. The van der Waals surface area contributed by atoms with Crippen LogP contribution in [0.3, 0.4) is 0 Å². The first-order valence-electron chi connectivity index (χ1n) is 8.39. The lowest BCUT2D eigenvalue weighted by Gasteiger charge is -2.13. The molecule has 144 valence electrons. The number of thioether (sulfide) groups is 1. The molecule has 2 rings (SSSR count). The van der Waals surface area contributed by atoms with E-state index in [9.17, 15) is 9.59 Å². The average Bonchev–Trinajstić information content (AvgIpc) is 3.08. The van der Waals surface area contributed by atoms with Crippen LogP contribution in [0.1, 0.15) is 18.1 Å². The lowest BCUT2D eigenvalue weighted by atomic mass is 10.1. The molecular weight excluding hydrogens is 382 g/mol. The third-order valence-electron chi connectivity index (χ3n) is 3.62. The summed E-state index contributed by atoms with van der Waals surface area (Å²) in [6.07, 6.45) is 1.73. The molecule has 0 radical (unpaired) electrons. The minimum Gasteiger partial charge on any atom is -0.357 e. The summed E-state index contributed by atoms with van der Waals surface area (Å²) in [7, 11) is 0. The number of nitrogens with zero attached hydrogens (tertiary/aromatic N) is 2. The summed E-state index contributed by atoms with van der Waals surface area (Å²) in [5.41, 5.74) is 2.75. The van der Waals surface area contributed by atoms with Gasteiger partial charge in [0.25, 0.3) is 0 Å². The third-order valence-corrected chi connectivity index (χ3v) is 5.68. The van der Waals surface area contributed by atoms with Gasteiger partial charge in [0.15, 0.2) is 4.34 Å². The van der Waals surface area contributed by atoms with Gasteiger partial charge in [-0.1, -0.05) is 47.4 Å². The highest BCUT2D eigenvalue weighted by molar-refractivity contribution is 8.02. The second kappa shape index (κ2) is 10.1. The van der Waals surface area contributed by atoms with Gasteiger partial charge in [-0.15, -0.1) is 16.8 Å². The lowest BCUT2D eigenvalue weighted by molar-refractivity contribution is -0.123. The number of hydrogen-bond acceptors (Lipinski definition) is 7. The van der Waals surface area contributed by atoms with Crippen LogP contribution in [0, 0.1) is 13.8 Å². The first kappa shape index (κ1) is 20.9. The van der Waals surface area contributed by atoms with Crippen molar-refractivity contribution >= 4 is 45.7 Å². The molecule has 1 atom stereocenters. The Morgan fingerprint density at radius 1 is 1.30 bits per heavy atom. The van der Waals surface area contributed by atoms with Crippen LogP contribution in [0.15, 0.2) is 35.2 Å². The topological polar surface area (TPSA) is 96.0 Å². The highest BCUT2D eigenvalue weighted by Crippen LogP contribution is 2.28. The van der Waals surface area contributed by atoms with Crippen LogP contribution in [0.25, 0.3) is 0 Å². The van der Waals surface area contributed by atoms with E-state index in [4.69, 9.17) is 0 Å². The van der Waals surface area contributed by atoms with Crippen molar-refractivity contribution in [2.75, 3.05) is 23.7 Å². The van der Waals surface area contributed by atoms with Crippen molar-refractivity contribution in [3.63, 3.8) is 0 Å². The molecule has 2 amide bonds. The highest BCUT2D eigenvalue weighted by Gasteiger charge is 2.18. The Balaban J connectivity index is 1.81. The van der Waals surface area contributed by atoms with Crippen molar-refractivity contribution in [1.82, 2.24) is 15.5 Å². The second-order valence-corrected chi connectivity index (χ2v) is 8.40. The van der Waals surface area contributed by atoms with Gasteiger partial charge in [-0.3, -0.25) is 9.59 Å². The van der Waals surface area contributed by atoms with Crippen LogP contribution < -0.4 is 16.0 Å². The molecule has 2 aromatic rings. The molecular formula is C18H23N5O2S2. The monoisotopic (exact) mass is 405 g/mol. The number of nitrogens with one attached hydrogen (secondary N) is 3. The summed E-state index contributed by atoms with van der Waals surface area (Å²) in [6, 6.07) is 5.80. The molecule has 7 nitrogen and oxygen atoms in total. The van der Waals surface area contributed by atoms with Crippen LogP contribution in [-0.4, -0.2) is 40.4 Å². The quantitative estimate of drug-likeness (QED) is 0.438. The van der Waals surface area contributed by atoms with Gasteiger partial charge in [-0.2, -0.15) is 0 Å². The van der Waals surface area contributed by atoms with Crippen molar-refractivity contribution in [2.24, 2.45) is 0 Å². The predicted octanol–water partition coefficient (Wildman–Crippen LogP) is 2.99. The van der Waals surface area contributed by atoms with E-state index >= 15 is 0 Å². The van der Waals surface area contributed by atoms with Crippen LogP contribution in [0.2, 0.25) is 0 Å². The van der Waals surface area contributed by atoms with Gasteiger partial charge >= 0.3 is 0 Å². The second-order valence-electron chi connectivity index (χ2n) is 5.84. The largest absolute Gasteiger partial charge is 0.357 e. The fourth-order valence-corrected chi connectivity index (χ4v) is 4.13. The Labute approximate surface area is 167 Å². The Hall–Kier alpha value is -2.39. The van der Waals surface area contributed by atoms with Gasteiger partial charge in [0, 0.05) is 12.2 Å². The Morgan fingerprint density at radius 2 is 2.00 bits per heavy atom. The minimum absolute atomic E-state index is 0.0836. The average molecular weight is 406 g/mol. The predicted molar refractivity (Wildman–Crippen MR) is 111 cm³/mol. The molecule has 0 saturated carbocycles. The van der Waals surface area contributed by atoms with Gasteiger partial charge in [-0.05, 0) is 31.9 Å². The molecule has 0 aliphatic heterocycles. The number of amides is 2. The summed E-state index contributed by atoms with van der Waals surface area (Å²) in [6.45, 7) is 9.77. The number of rotatable bonds is 9. The SMILES string of the molecule is C=CCNc1nnc(SC(C)C(=O)NCC(=O)Nc2c(C)cccc2C)s1. The fraction of sp³-hybridized carbons (Fsp3) is 0.333. The molecule has 0 aliphatic rings. The molecule has 0 spiro atoms. The number of anilines is 2. The number of para-hydroxylation sites is 1. The Kier molecular flexibility index (Phi) is 7.81. The zero-order valence-electron chi connectivity index (χ0n) is 15.5. The van der Waals surface area contributed by atoms with Gasteiger partial charge in [0.2, 0.25) is 16.9 Å². The fourth-order valence-electron chi connectivity index (χ4n) is 2.20. The maximum atomic E-state index is 12.2. The number of aromatic nitrogens is 2. The summed E-state index contributed by atoms with van der Waals surface area (Å²) in [5, 5.41) is 16.9. The minimum atomic E-state index is -0.391. The zero-order valence-corrected chi connectivity index (χ0v) is 17.2. The smallest absolute Gasteiger partial charge is 0.243 e. The van der Waals surface area contributed by atoms with Crippen molar-refractivity contribution < 1.29 is 9.59 Å². The van der Waals surface area contributed by atoms with Gasteiger partial charge in [0.05, 0.1) is 11.8 Å². The van der Waals surface area contributed by atoms with E-state index in [-0.39, 0.29) is 18.4 Å². The van der Waals surface area contributed by atoms with E-state index in [0.717, 1.165) is 16.8 Å². The first-order chi connectivity index (χ1) is 12.9. The number of hydrogen-bond donors (Lipinski definition) is 3. The summed E-state index contributed by atoms with van der Waals surface area (Å²) < 4.78 is 0.684. The summed E-state index contributed by atoms with van der Waals surface area (Å²) >= 11 is 2.67. The maximum absolute atomic E-state index is 12.2. The molecule has 0 aliphatic carbocycles. The molecule has 1 aromatic carbocycles. The molecule has 0 bridgehead atoms. The van der Waals surface area contributed by atoms with E-state index in [0.29, 0.717) is 16.0 Å². The van der Waals surface area contributed by atoms with E-state index in [1.54, 1.807) is 13.0 Å². The molecule has 1 heterocycles. The summed E-state index contributed by atoms with van der Waals surface area (Å²) in [4.78, 5) is 24.4. The van der Waals surface area contributed by atoms with Gasteiger partial charge < -0.3 is 16.0 Å². The molecule has 27 heavy (non-hydrogen) atoms. The number of carbonyl (C=O) groups excluding carboxylic acids is 2. The van der Waals surface area contributed by atoms with Crippen molar-refractivity contribution in [3.05, 3.63) is 42.0 Å². The van der Waals surface area contributed by atoms with E-state index in [2.05, 4.69) is 32.7 Å². The lowest BCUT2D eigenvalue weighted by Crippen LogP contribution is -2.37. The van der Waals surface area contributed by atoms with Crippen LogP contribution >= 0.6 is 23.1 Å². The van der Waals surface area contributed by atoms with Gasteiger partial charge in [-0.25, -0.2) is 0 Å². The van der Waals surface area contributed by atoms with Crippen LogP contribution in [0.5, 0.6) is 0 Å². The van der Waals surface area contributed by atoms with E-state index < -0.39 is 5.25 Å². The van der Waals surface area contributed by atoms with Crippen molar-refractivity contribution in [3.8, 4) is 0 Å². The molecule has 1 aromatic heterocycles. The van der Waals surface area contributed by atoms with Crippen LogP contribution in [0.4, 0.5) is 10.8 Å². The van der Waals surface area contributed by atoms with Crippen molar-refractivity contribution in [2.45, 2.75) is 30.4 Å². The first-order valence-corrected chi connectivity index (χ1v) is 10.1. The summed E-state index contributed by atoms with van der Waals surface area (Å²) in [5.74, 6) is -0.489. The molecule has 1 unspecified atom stereocenters. The standard InChI is InChI=1S/C18H23N5O2S2/c1-5-9-19-17-22-23-18(27-17)26-13(4)16(25)20-10-14(24)21-15-11(2)7-6-8-12(15)3/h5-8,13H,1,9-10H2,2-4H3,(H,19,22)(H,20,25)(H,21,24). The van der Waals surface area contributed by atoms with Crippen LogP contribution in [-0.2, 0) is 9.59 Å². The van der Waals surface area contributed by atoms with Crippen molar-refractivity contribution in [1.29, 1.82) is 0 Å². The number of benzene rings is 1. The molecule has 0 saturated heterocycles.